The van der Waals surface area contributed by atoms with Crippen LogP contribution in [0.4, 0.5) is 5.69 Å². The molecule has 6 heteroatoms. The Morgan fingerprint density at radius 2 is 1.92 bits per heavy atom. The minimum Gasteiger partial charge on any atom is -0.396 e. The van der Waals surface area contributed by atoms with E-state index >= 15 is 0 Å². The number of rotatable bonds is 7. The fourth-order valence-corrected chi connectivity index (χ4v) is 3.66. The van der Waals surface area contributed by atoms with Crippen molar-refractivity contribution in [2.45, 2.75) is 12.5 Å². The van der Waals surface area contributed by atoms with Crippen molar-refractivity contribution < 1.29 is 14.7 Å². The van der Waals surface area contributed by atoms with E-state index in [4.69, 9.17) is 5.11 Å². The van der Waals surface area contributed by atoms with Gasteiger partial charge in [0.1, 0.15) is 6.29 Å². The van der Waals surface area contributed by atoms with Gasteiger partial charge < -0.3 is 20.1 Å². The number of hydrogen-bond acceptors (Lipinski definition) is 5. The Morgan fingerprint density at radius 1 is 1.21 bits per heavy atom. The summed E-state index contributed by atoms with van der Waals surface area (Å²) in [6.07, 6.45) is 1.39. The molecular formula is C18H25N3O3. The van der Waals surface area contributed by atoms with Crippen LogP contribution in [0, 0.1) is 11.8 Å². The van der Waals surface area contributed by atoms with Crippen molar-refractivity contribution >= 4 is 17.9 Å². The van der Waals surface area contributed by atoms with E-state index in [1.54, 1.807) is 0 Å². The number of aliphatic hydroxyl groups is 1. The van der Waals surface area contributed by atoms with Gasteiger partial charge in [-0.25, -0.2) is 0 Å². The van der Waals surface area contributed by atoms with E-state index in [0.717, 1.165) is 32.5 Å². The number of aldehydes is 1. The third-order valence-electron chi connectivity index (χ3n) is 5.12. The number of amides is 1. The zero-order valence-corrected chi connectivity index (χ0v) is 13.8. The van der Waals surface area contributed by atoms with E-state index in [2.05, 4.69) is 27.2 Å². The number of β-lactam (4-membered cyclic amide) rings is 1. The molecule has 0 saturated carbocycles. The third kappa shape index (κ3) is 3.60. The zero-order valence-electron chi connectivity index (χ0n) is 13.8. The van der Waals surface area contributed by atoms with E-state index < -0.39 is 0 Å². The molecule has 130 valence electrons. The standard InChI is InChI=1S/C18H25N3O3/c22-11-6-16-17(19-18(16)24)14(13-23)12-20-7-9-21(10-8-20)15-4-2-1-3-5-15/h1-5,13-14,16-17,22H,6-12H2,(H,19,24)/t14-,16-,17+/m0/s1. The molecule has 24 heavy (non-hydrogen) atoms. The molecule has 3 rings (SSSR count). The molecule has 1 aromatic carbocycles. The van der Waals surface area contributed by atoms with E-state index in [1.165, 1.54) is 5.69 Å². The van der Waals surface area contributed by atoms with Gasteiger partial charge in [0.25, 0.3) is 0 Å². The number of carbonyl (C=O) groups excluding carboxylic acids is 2. The van der Waals surface area contributed by atoms with Gasteiger partial charge in [0.2, 0.25) is 5.91 Å². The number of hydrogen-bond donors (Lipinski definition) is 2. The van der Waals surface area contributed by atoms with Crippen LogP contribution >= 0.6 is 0 Å². The summed E-state index contributed by atoms with van der Waals surface area (Å²) in [6, 6.07) is 10.2. The van der Waals surface area contributed by atoms with Crippen molar-refractivity contribution in [1.82, 2.24) is 10.2 Å². The molecule has 2 aliphatic rings. The highest BCUT2D eigenvalue weighted by molar-refractivity contribution is 5.87. The van der Waals surface area contributed by atoms with Crippen molar-refractivity contribution in [2.75, 3.05) is 44.2 Å². The number of nitrogens with zero attached hydrogens (tertiary/aromatic N) is 2. The Labute approximate surface area is 142 Å². The van der Waals surface area contributed by atoms with Crippen molar-refractivity contribution in [3.8, 4) is 0 Å². The second-order valence-electron chi connectivity index (χ2n) is 6.58. The molecule has 0 aromatic heterocycles. The SMILES string of the molecule is O=C[C@H](CN1CCN(c2ccccc2)CC1)[C@H]1NC(=O)[C@H]1CCO. The molecule has 0 aliphatic carbocycles. The Kier molecular flexibility index (Phi) is 5.48. The highest BCUT2D eigenvalue weighted by Gasteiger charge is 2.43. The quantitative estimate of drug-likeness (QED) is 0.548. The summed E-state index contributed by atoms with van der Waals surface area (Å²) in [5.74, 6) is -0.479. The lowest BCUT2D eigenvalue weighted by Gasteiger charge is -2.43. The molecule has 2 saturated heterocycles. The molecule has 0 bridgehead atoms. The maximum atomic E-state index is 11.6. The second-order valence-corrected chi connectivity index (χ2v) is 6.58. The first kappa shape index (κ1) is 16.9. The predicted octanol–water partition coefficient (Wildman–Crippen LogP) is 0.121. The number of nitrogens with one attached hydrogen (secondary N) is 1. The summed E-state index contributed by atoms with van der Waals surface area (Å²) < 4.78 is 0. The summed E-state index contributed by atoms with van der Waals surface area (Å²) >= 11 is 0. The van der Waals surface area contributed by atoms with E-state index in [1.807, 2.05) is 18.2 Å². The van der Waals surface area contributed by atoms with E-state index in [9.17, 15) is 9.59 Å². The van der Waals surface area contributed by atoms with E-state index in [0.29, 0.717) is 13.0 Å². The van der Waals surface area contributed by atoms with Gasteiger partial charge in [0.15, 0.2) is 0 Å². The van der Waals surface area contributed by atoms with Crippen molar-refractivity contribution in [3.63, 3.8) is 0 Å². The second kappa shape index (κ2) is 7.77. The molecule has 6 nitrogen and oxygen atoms in total. The molecule has 2 heterocycles. The van der Waals surface area contributed by atoms with Crippen molar-refractivity contribution in [1.29, 1.82) is 0 Å². The van der Waals surface area contributed by atoms with Crippen molar-refractivity contribution in [3.05, 3.63) is 30.3 Å². The Bertz CT molecular complexity index is 558. The van der Waals surface area contributed by atoms with Crippen LogP contribution in [0.25, 0.3) is 0 Å². The largest absolute Gasteiger partial charge is 0.396 e. The highest BCUT2D eigenvalue weighted by Crippen LogP contribution is 2.25. The molecule has 2 N–H and O–H groups in total. The predicted molar refractivity (Wildman–Crippen MR) is 91.8 cm³/mol. The molecule has 2 fully saturated rings. The van der Waals surface area contributed by atoms with Gasteiger partial charge >= 0.3 is 0 Å². The lowest BCUT2D eigenvalue weighted by atomic mass is 9.79. The number of benzene rings is 1. The smallest absolute Gasteiger partial charge is 0.225 e. The van der Waals surface area contributed by atoms with Crippen LogP contribution in [0.5, 0.6) is 0 Å². The first-order valence-electron chi connectivity index (χ1n) is 8.62. The highest BCUT2D eigenvalue weighted by atomic mass is 16.3. The van der Waals surface area contributed by atoms with Gasteiger partial charge in [-0.05, 0) is 18.6 Å². The summed E-state index contributed by atoms with van der Waals surface area (Å²) in [7, 11) is 0. The monoisotopic (exact) mass is 331 g/mol. The summed E-state index contributed by atoms with van der Waals surface area (Å²) in [5.41, 5.74) is 1.23. The van der Waals surface area contributed by atoms with Crippen LogP contribution in [0.15, 0.2) is 30.3 Å². The van der Waals surface area contributed by atoms with Gasteiger partial charge in [-0.1, -0.05) is 18.2 Å². The Morgan fingerprint density at radius 3 is 2.50 bits per heavy atom. The number of piperazine rings is 1. The molecular weight excluding hydrogens is 306 g/mol. The molecule has 0 spiro atoms. The number of anilines is 1. The van der Waals surface area contributed by atoms with Gasteiger partial charge in [0, 0.05) is 50.9 Å². The molecule has 1 aromatic rings. The fourth-order valence-electron chi connectivity index (χ4n) is 3.66. The Balaban J connectivity index is 1.51. The van der Waals surface area contributed by atoms with Crippen LogP contribution in [0.2, 0.25) is 0 Å². The number of aliphatic hydroxyl groups excluding tert-OH is 1. The van der Waals surface area contributed by atoms with Crippen molar-refractivity contribution in [2.24, 2.45) is 11.8 Å². The summed E-state index contributed by atoms with van der Waals surface area (Å²) in [6.45, 7) is 4.34. The van der Waals surface area contributed by atoms with Crippen LogP contribution in [-0.4, -0.2) is 67.6 Å². The topological polar surface area (TPSA) is 72.9 Å². The first-order valence-corrected chi connectivity index (χ1v) is 8.62. The van der Waals surface area contributed by atoms with Gasteiger partial charge in [-0.2, -0.15) is 0 Å². The first-order chi connectivity index (χ1) is 11.7. The van der Waals surface area contributed by atoms with Crippen LogP contribution in [0.3, 0.4) is 0 Å². The van der Waals surface area contributed by atoms with E-state index in [-0.39, 0.29) is 30.4 Å². The van der Waals surface area contributed by atoms with Gasteiger partial charge in [-0.15, -0.1) is 0 Å². The minimum atomic E-state index is -0.226. The maximum Gasteiger partial charge on any atom is 0.225 e. The molecule has 2 aliphatic heterocycles. The lowest BCUT2D eigenvalue weighted by molar-refractivity contribution is -0.139. The maximum absolute atomic E-state index is 11.6. The fraction of sp³-hybridized carbons (Fsp3) is 0.556. The van der Waals surface area contributed by atoms with Crippen LogP contribution in [-0.2, 0) is 9.59 Å². The minimum absolute atomic E-state index is 0.0179. The summed E-state index contributed by atoms with van der Waals surface area (Å²) in [5, 5.41) is 11.9. The molecule has 0 unspecified atom stereocenters. The van der Waals surface area contributed by atoms with Gasteiger partial charge in [-0.3, -0.25) is 9.69 Å². The number of carbonyl (C=O) groups is 2. The molecule has 0 radical (unpaired) electrons. The third-order valence-corrected chi connectivity index (χ3v) is 5.12. The average molecular weight is 331 g/mol. The average Bonchev–Trinajstić information content (AvgIpc) is 2.64. The zero-order chi connectivity index (χ0) is 16.9. The summed E-state index contributed by atoms with van der Waals surface area (Å²) in [4.78, 5) is 27.7. The Hall–Kier alpha value is -1.92. The number of para-hydroxylation sites is 1. The van der Waals surface area contributed by atoms with Crippen LogP contribution < -0.4 is 10.2 Å². The molecule has 3 atom stereocenters. The molecule has 1 amide bonds. The van der Waals surface area contributed by atoms with Crippen LogP contribution in [0.1, 0.15) is 6.42 Å². The lowest BCUT2D eigenvalue weighted by Crippen LogP contribution is -2.64. The normalized spacial score (nSPS) is 25.7. The van der Waals surface area contributed by atoms with Gasteiger partial charge in [0.05, 0.1) is 12.0 Å².